The van der Waals surface area contributed by atoms with Crippen LogP contribution in [0.3, 0.4) is 0 Å². The Morgan fingerprint density at radius 2 is 1.79 bits per heavy atom. The molecule has 2 fully saturated rings. The van der Waals surface area contributed by atoms with Gasteiger partial charge in [-0.25, -0.2) is 0 Å². The molecule has 2 aromatic carbocycles. The number of nitrogens with one attached hydrogen (secondary N) is 1. The molecule has 39 heavy (non-hydrogen) atoms. The maximum atomic E-state index is 13.2. The summed E-state index contributed by atoms with van der Waals surface area (Å²) in [4.78, 5) is 42.2. The smallest absolute Gasteiger partial charge is 0.294 e. The molecular formula is C28H26Cl2N4O4S. The van der Waals surface area contributed by atoms with Crippen molar-refractivity contribution in [2.75, 3.05) is 43.1 Å². The van der Waals surface area contributed by atoms with Crippen LogP contribution in [0.2, 0.25) is 10.0 Å². The molecule has 0 bridgehead atoms. The molecule has 0 saturated carbocycles. The van der Waals surface area contributed by atoms with Crippen LogP contribution in [0.5, 0.6) is 0 Å². The minimum absolute atomic E-state index is 0.260. The predicted molar refractivity (Wildman–Crippen MR) is 156 cm³/mol. The Hall–Kier alpha value is -3.24. The summed E-state index contributed by atoms with van der Waals surface area (Å²) in [6, 6.07) is 14.8. The number of carbonyl (C=O) groups is 3. The molecule has 3 amide bonds. The van der Waals surface area contributed by atoms with Gasteiger partial charge in [0.05, 0.1) is 39.5 Å². The van der Waals surface area contributed by atoms with Crippen LogP contribution in [0.4, 0.5) is 16.2 Å². The molecule has 2 aliphatic heterocycles. The number of aryl methyl sites for hydroxylation is 1. The lowest BCUT2D eigenvalue weighted by molar-refractivity contribution is -0.127. The summed E-state index contributed by atoms with van der Waals surface area (Å²) >= 11 is 13.1. The quantitative estimate of drug-likeness (QED) is 0.362. The van der Waals surface area contributed by atoms with Crippen molar-refractivity contribution in [3.8, 4) is 5.69 Å². The van der Waals surface area contributed by atoms with E-state index < -0.39 is 17.1 Å². The van der Waals surface area contributed by atoms with E-state index in [9.17, 15) is 14.4 Å². The second-order valence-corrected chi connectivity index (χ2v) is 11.0. The molecule has 0 spiro atoms. The van der Waals surface area contributed by atoms with Gasteiger partial charge in [0.25, 0.3) is 11.1 Å². The van der Waals surface area contributed by atoms with Crippen molar-refractivity contribution in [1.29, 1.82) is 0 Å². The number of carbonyl (C=O) groups excluding carboxylic acids is 3. The topological polar surface area (TPSA) is 83.9 Å². The molecular weight excluding hydrogens is 559 g/mol. The largest absolute Gasteiger partial charge is 0.378 e. The summed E-state index contributed by atoms with van der Waals surface area (Å²) < 4.78 is 7.42. The van der Waals surface area contributed by atoms with Crippen LogP contribution in [-0.4, -0.2) is 59.4 Å². The zero-order chi connectivity index (χ0) is 27.7. The van der Waals surface area contributed by atoms with Gasteiger partial charge in [0, 0.05) is 30.2 Å². The van der Waals surface area contributed by atoms with Crippen LogP contribution in [0.15, 0.2) is 53.4 Å². The lowest BCUT2D eigenvalue weighted by atomic mass is 10.2. The summed E-state index contributed by atoms with van der Waals surface area (Å²) in [6.07, 6.45) is 1.69. The average Bonchev–Trinajstić information content (AvgIpc) is 3.35. The van der Waals surface area contributed by atoms with Crippen molar-refractivity contribution >= 4 is 69.5 Å². The fraction of sp³-hybridized carbons (Fsp3) is 0.250. The zero-order valence-corrected chi connectivity index (χ0v) is 23.7. The summed E-state index contributed by atoms with van der Waals surface area (Å²) in [6.45, 7) is 6.14. The van der Waals surface area contributed by atoms with Gasteiger partial charge >= 0.3 is 0 Å². The minimum Gasteiger partial charge on any atom is -0.378 e. The summed E-state index contributed by atoms with van der Waals surface area (Å²) in [7, 11) is 0. The molecule has 202 valence electrons. The Morgan fingerprint density at radius 1 is 1.05 bits per heavy atom. The predicted octanol–water partition coefficient (Wildman–Crippen LogP) is 5.91. The van der Waals surface area contributed by atoms with Gasteiger partial charge in [0.2, 0.25) is 5.91 Å². The number of nitrogens with zero attached hydrogens (tertiary/aromatic N) is 3. The van der Waals surface area contributed by atoms with Gasteiger partial charge in [-0.05, 0) is 73.6 Å². The van der Waals surface area contributed by atoms with E-state index in [0.717, 1.165) is 45.0 Å². The normalized spacial score (nSPS) is 16.9. The summed E-state index contributed by atoms with van der Waals surface area (Å²) in [5.74, 6) is -0.946. The number of halogens is 2. The highest BCUT2D eigenvalue weighted by Crippen LogP contribution is 2.35. The maximum Gasteiger partial charge on any atom is 0.294 e. The molecule has 8 nitrogen and oxygen atoms in total. The van der Waals surface area contributed by atoms with E-state index in [2.05, 4.69) is 10.2 Å². The lowest BCUT2D eigenvalue weighted by Gasteiger charge is -2.30. The second kappa shape index (κ2) is 11.5. The molecule has 1 N–H and O–H groups in total. The fourth-order valence-electron chi connectivity index (χ4n) is 4.73. The standard InChI is InChI=1S/C28H26Cl2N4O4S/c1-17-13-19(18(2)34(17)20-7-8-21(29)22(30)15-20)14-25-27(36)33(28(37)39-25)16-26(35)31-23-5-3-4-6-24(23)32-9-11-38-12-10-32/h3-8,13-15H,9-12,16H2,1-2H3,(H,31,35)/b25-14-. The number of imide groups is 1. The minimum atomic E-state index is -0.499. The fourth-order valence-corrected chi connectivity index (χ4v) is 5.85. The molecule has 2 saturated heterocycles. The number of ether oxygens (including phenoxy) is 1. The Labute approximate surface area is 240 Å². The zero-order valence-electron chi connectivity index (χ0n) is 21.4. The highest BCUT2D eigenvalue weighted by Gasteiger charge is 2.36. The van der Waals surface area contributed by atoms with E-state index in [1.54, 1.807) is 24.3 Å². The number of rotatable bonds is 6. The van der Waals surface area contributed by atoms with Gasteiger partial charge in [-0.3, -0.25) is 19.3 Å². The van der Waals surface area contributed by atoms with Gasteiger partial charge in [0.15, 0.2) is 0 Å². The summed E-state index contributed by atoms with van der Waals surface area (Å²) in [5.41, 5.74) is 4.92. The van der Waals surface area contributed by atoms with Crippen molar-refractivity contribution in [2.45, 2.75) is 13.8 Å². The molecule has 0 unspecified atom stereocenters. The van der Waals surface area contributed by atoms with E-state index in [1.165, 1.54) is 0 Å². The van der Waals surface area contributed by atoms with Gasteiger partial charge < -0.3 is 19.5 Å². The van der Waals surface area contributed by atoms with Crippen LogP contribution >= 0.6 is 35.0 Å². The van der Waals surface area contributed by atoms with E-state index in [-0.39, 0.29) is 11.4 Å². The molecule has 3 heterocycles. The van der Waals surface area contributed by atoms with Crippen molar-refractivity contribution in [3.63, 3.8) is 0 Å². The number of anilines is 2. The van der Waals surface area contributed by atoms with Crippen LogP contribution < -0.4 is 10.2 Å². The number of morpholine rings is 1. The molecule has 5 rings (SSSR count). The first-order valence-corrected chi connectivity index (χ1v) is 13.9. The van der Waals surface area contributed by atoms with Gasteiger partial charge in [0.1, 0.15) is 6.54 Å². The lowest BCUT2D eigenvalue weighted by Crippen LogP contribution is -2.38. The number of aromatic nitrogens is 1. The van der Waals surface area contributed by atoms with Crippen LogP contribution in [-0.2, 0) is 14.3 Å². The number of hydrogen-bond donors (Lipinski definition) is 1. The number of thioether (sulfide) groups is 1. The van der Waals surface area contributed by atoms with Crippen LogP contribution in [0, 0.1) is 13.8 Å². The average molecular weight is 586 g/mol. The van der Waals surface area contributed by atoms with Gasteiger partial charge in [-0.1, -0.05) is 35.3 Å². The first-order chi connectivity index (χ1) is 18.7. The van der Waals surface area contributed by atoms with E-state index in [4.69, 9.17) is 27.9 Å². The molecule has 1 aromatic heterocycles. The molecule has 11 heteroatoms. The van der Waals surface area contributed by atoms with Crippen molar-refractivity contribution in [2.24, 2.45) is 0 Å². The molecule has 2 aliphatic rings. The van der Waals surface area contributed by atoms with Crippen LogP contribution in [0.25, 0.3) is 11.8 Å². The number of benzene rings is 2. The monoisotopic (exact) mass is 584 g/mol. The first-order valence-electron chi connectivity index (χ1n) is 12.3. The second-order valence-electron chi connectivity index (χ2n) is 9.19. The number of hydrogen-bond acceptors (Lipinski definition) is 6. The first kappa shape index (κ1) is 27.3. The third kappa shape index (κ3) is 5.72. The van der Waals surface area contributed by atoms with Crippen molar-refractivity contribution < 1.29 is 19.1 Å². The van der Waals surface area contributed by atoms with Gasteiger partial charge in [-0.15, -0.1) is 0 Å². The summed E-state index contributed by atoms with van der Waals surface area (Å²) in [5, 5.41) is 3.29. The SMILES string of the molecule is Cc1cc(/C=C2\SC(=O)N(CC(=O)Nc3ccccc3N3CCOCC3)C2=O)c(C)n1-c1ccc(Cl)c(Cl)c1. The molecule has 3 aromatic rings. The van der Waals surface area contributed by atoms with Crippen molar-refractivity contribution in [1.82, 2.24) is 9.47 Å². The van der Waals surface area contributed by atoms with Crippen LogP contribution in [0.1, 0.15) is 17.0 Å². The Bertz CT molecular complexity index is 1500. The Kier molecular flexibility index (Phi) is 8.04. The number of para-hydroxylation sites is 2. The highest BCUT2D eigenvalue weighted by atomic mass is 35.5. The third-order valence-electron chi connectivity index (χ3n) is 6.62. The molecule has 0 atom stereocenters. The molecule has 0 radical (unpaired) electrons. The highest BCUT2D eigenvalue weighted by molar-refractivity contribution is 8.18. The van der Waals surface area contributed by atoms with Gasteiger partial charge in [-0.2, -0.15) is 0 Å². The third-order valence-corrected chi connectivity index (χ3v) is 8.27. The molecule has 0 aliphatic carbocycles. The Balaban J connectivity index is 1.31. The number of amides is 3. The van der Waals surface area contributed by atoms with E-state index in [1.807, 2.05) is 48.7 Å². The van der Waals surface area contributed by atoms with E-state index in [0.29, 0.717) is 42.0 Å². The Morgan fingerprint density at radius 3 is 2.54 bits per heavy atom. The maximum absolute atomic E-state index is 13.2. The van der Waals surface area contributed by atoms with E-state index >= 15 is 0 Å². The van der Waals surface area contributed by atoms with Crippen molar-refractivity contribution in [3.05, 3.63) is 80.4 Å².